The van der Waals surface area contributed by atoms with E-state index in [0.29, 0.717) is 34.9 Å². The van der Waals surface area contributed by atoms with E-state index in [-0.39, 0.29) is 0 Å². The fraction of sp³-hybridized carbons (Fsp3) is 0.231. The Kier molecular flexibility index (Phi) is 5.16. The molecule has 19 heavy (non-hydrogen) atoms. The van der Waals surface area contributed by atoms with Crippen LogP contribution in [0.1, 0.15) is 12.7 Å². The second-order valence-corrected chi connectivity index (χ2v) is 5.37. The van der Waals surface area contributed by atoms with E-state index < -0.39 is 0 Å². The van der Waals surface area contributed by atoms with Gasteiger partial charge in [0.25, 0.3) is 0 Å². The number of rotatable bonds is 4. The zero-order valence-corrected chi connectivity index (χ0v) is 13.3. The van der Waals surface area contributed by atoms with Crippen molar-refractivity contribution in [3.05, 3.63) is 44.9 Å². The summed E-state index contributed by atoms with van der Waals surface area (Å²) in [5.41, 5.74) is 1.51. The van der Waals surface area contributed by atoms with Crippen LogP contribution in [0, 0.1) is 0 Å². The molecular weight excluding hydrogens is 351 g/mol. The van der Waals surface area contributed by atoms with Gasteiger partial charge in [-0.25, -0.2) is 9.97 Å². The van der Waals surface area contributed by atoms with Crippen LogP contribution >= 0.6 is 39.1 Å². The predicted molar refractivity (Wildman–Crippen MR) is 80.5 cm³/mol. The smallest absolute Gasteiger partial charge is 0.157 e. The lowest BCUT2D eigenvalue weighted by Crippen LogP contribution is -2.01. The van der Waals surface area contributed by atoms with Gasteiger partial charge in [0.15, 0.2) is 5.82 Å². The molecule has 0 saturated carbocycles. The second-order valence-electron chi connectivity index (χ2n) is 3.74. The Labute approximate surface area is 130 Å². The van der Waals surface area contributed by atoms with Gasteiger partial charge in [0, 0.05) is 11.1 Å². The third-order valence-electron chi connectivity index (χ3n) is 2.44. The highest BCUT2D eigenvalue weighted by Gasteiger charge is 2.13. The Morgan fingerprint density at radius 2 is 1.68 bits per heavy atom. The van der Waals surface area contributed by atoms with Crippen LogP contribution in [0.15, 0.2) is 28.7 Å². The molecule has 0 bridgehead atoms. The van der Waals surface area contributed by atoms with Crippen LogP contribution in [0.25, 0.3) is 11.1 Å². The van der Waals surface area contributed by atoms with Crippen molar-refractivity contribution in [1.29, 1.82) is 0 Å². The topological polar surface area (TPSA) is 35.0 Å². The predicted octanol–water partition coefficient (Wildman–Crippen LogP) is 4.75. The molecule has 100 valence electrons. The lowest BCUT2D eigenvalue weighted by atomic mass is 10.1. The summed E-state index contributed by atoms with van der Waals surface area (Å²) in [6, 6.07) is 7.64. The minimum atomic E-state index is 0.302. The van der Waals surface area contributed by atoms with Gasteiger partial charge in [-0.15, -0.1) is 0 Å². The molecular formula is C13H11BrCl2N2O. The molecule has 1 heterocycles. The quantitative estimate of drug-likeness (QED) is 0.737. The van der Waals surface area contributed by atoms with E-state index in [2.05, 4.69) is 25.9 Å². The van der Waals surface area contributed by atoms with E-state index in [1.54, 1.807) is 0 Å². The molecule has 0 aliphatic heterocycles. The van der Waals surface area contributed by atoms with Gasteiger partial charge in [-0.3, -0.25) is 0 Å². The zero-order chi connectivity index (χ0) is 13.8. The molecule has 0 N–H and O–H groups in total. The van der Waals surface area contributed by atoms with Crippen molar-refractivity contribution in [1.82, 2.24) is 9.97 Å². The lowest BCUT2D eigenvalue weighted by molar-refractivity contribution is 0.128. The van der Waals surface area contributed by atoms with Crippen LogP contribution in [-0.2, 0) is 11.3 Å². The molecule has 0 amide bonds. The summed E-state index contributed by atoms with van der Waals surface area (Å²) in [5, 5.41) is 0.661. The van der Waals surface area contributed by atoms with Crippen molar-refractivity contribution >= 4 is 39.1 Å². The van der Waals surface area contributed by atoms with Gasteiger partial charge in [0.2, 0.25) is 0 Å². The molecule has 0 saturated heterocycles. The fourth-order valence-electron chi connectivity index (χ4n) is 1.56. The maximum Gasteiger partial charge on any atom is 0.157 e. The molecule has 6 heteroatoms. The average molecular weight is 362 g/mol. The second kappa shape index (κ2) is 6.66. The molecule has 0 aliphatic carbocycles. The highest BCUT2D eigenvalue weighted by molar-refractivity contribution is 9.10. The van der Waals surface area contributed by atoms with Crippen LogP contribution in [0.5, 0.6) is 0 Å². The lowest BCUT2D eigenvalue weighted by Gasteiger charge is -2.08. The Bertz CT molecular complexity index is 552. The maximum absolute atomic E-state index is 6.19. The van der Waals surface area contributed by atoms with Gasteiger partial charge in [-0.2, -0.15) is 0 Å². The van der Waals surface area contributed by atoms with Gasteiger partial charge in [0.1, 0.15) is 16.9 Å². The molecule has 0 spiro atoms. The number of ether oxygens (including phenoxy) is 1. The van der Waals surface area contributed by atoms with E-state index in [0.717, 1.165) is 10.0 Å². The third kappa shape index (κ3) is 3.66. The van der Waals surface area contributed by atoms with Gasteiger partial charge in [0.05, 0.1) is 5.56 Å². The molecule has 2 rings (SSSR count). The Hall–Kier alpha value is -0.680. The summed E-state index contributed by atoms with van der Waals surface area (Å²) in [5.74, 6) is 0.484. The van der Waals surface area contributed by atoms with E-state index in [1.165, 1.54) is 0 Å². The number of benzene rings is 1. The van der Waals surface area contributed by atoms with E-state index in [1.807, 2.05) is 31.2 Å². The molecule has 0 unspecified atom stereocenters. The Morgan fingerprint density at radius 3 is 2.21 bits per heavy atom. The number of aromatic nitrogens is 2. The standard InChI is InChI=1S/C13H11BrCl2N2O/c1-2-19-7-10-17-12(15)11(13(16)18-10)8-3-5-9(14)6-4-8/h3-6H,2,7H2,1H3. The molecule has 0 atom stereocenters. The Balaban J connectivity index is 2.38. The number of hydrogen-bond donors (Lipinski definition) is 0. The largest absolute Gasteiger partial charge is 0.374 e. The summed E-state index contributed by atoms with van der Waals surface area (Å²) in [4.78, 5) is 8.41. The van der Waals surface area contributed by atoms with Crippen molar-refractivity contribution < 1.29 is 4.74 Å². The van der Waals surface area contributed by atoms with Gasteiger partial charge in [-0.05, 0) is 24.6 Å². The van der Waals surface area contributed by atoms with E-state index in [9.17, 15) is 0 Å². The first-order valence-corrected chi connectivity index (χ1v) is 7.22. The fourth-order valence-corrected chi connectivity index (χ4v) is 2.47. The summed E-state index contributed by atoms with van der Waals surface area (Å²) in [7, 11) is 0. The van der Waals surface area contributed by atoms with Crippen molar-refractivity contribution in [2.24, 2.45) is 0 Å². The molecule has 0 fully saturated rings. The third-order valence-corrected chi connectivity index (χ3v) is 3.51. The van der Waals surface area contributed by atoms with Crippen LogP contribution in [0.4, 0.5) is 0 Å². The molecule has 0 radical (unpaired) electrons. The SMILES string of the molecule is CCOCc1nc(Cl)c(-c2ccc(Br)cc2)c(Cl)n1. The van der Waals surface area contributed by atoms with Crippen LogP contribution in [-0.4, -0.2) is 16.6 Å². The van der Waals surface area contributed by atoms with E-state index >= 15 is 0 Å². The van der Waals surface area contributed by atoms with Crippen molar-refractivity contribution in [3.63, 3.8) is 0 Å². The van der Waals surface area contributed by atoms with Crippen LogP contribution in [0.3, 0.4) is 0 Å². The number of nitrogens with zero attached hydrogens (tertiary/aromatic N) is 2. The number of hydrogen-bond acceptors (Lipinski definition) is 3. The van der Waals surface area contributed by atoms with Gasteiger partial charge < -0.3 is 4.74 Å². The highest BCUT2D eigenvalue weighted by atomic mass is 79.9. The van der Waals surface area contributed by atoms with Crippen molar-refractivity contribution in [2.75, 3.05) is 6.61 Å². The monoisotopic (exact) mass is 360 g/mol. The van der Waals surface area contributed by atoms with Crippen LogP contribution < -0.4 is 0 Å². The van der Waals surface area contributed by atoms with Gasteiger partial charge in [-0.1, -0.05) is 51.3 Å². The van der Waals surface area contributed by atoms with Crippen molar-refractivity contribution in [3.8, 4) is 11.1 Å². The highest BCUT2D eigenvalue weighted by Crippen LogP contribution is 2.33. The van der Waals surface area contributed by atoms with Gasteiger partial charge >= 0.3 is 0 Å². The van der Waals surface area contributed by atoms with Crippen LogP contribution in [0.2, 0.25) is 10.3 Å². The normalized spacial score (nSPS) is 10.7. The summed E-state index contributed by atoms with van der Waals surface area (Å²) < 4.78 is 6.23. The van der Waals surface area contributed by atoms with Crippen molar-refractivity contribution in [2.45, 2.75) is 13.5 Å². The molecule has 3 nitrogen and oxygen atoms in total. The average Bonchev–Trinajstić information content (AvgIpc) is 2.38. The van der Waals surface area contributed by atoms with E-state index in [4.69, 9.17) is 27.9 Å². The Morgan fingerprint density at radius 1 is 1.11 bits per heavy atom. The first kappa shape index (κ1) is 14.7. The minimum Gasteiger partial charge on any atom is -0.374 e. The summed E-state index contributed by atoms with van der Waals surface area (Å²) in [6.45, 7) is 2.79. The minimum absolute atomic E-state index is 0.302. The zero-order valence-electron chi connectivity index (χ0n) is 10.2. The number of halogens is 3. The molecule has 2 aromatic rings. The summed E-state index contributed by atoms with van der Waals surface area (Å²) >= 11 is 15.8. The maximum atomic E-state index is 6.19. The molecule has 1 aromatic carbocycles. The molecule has 0 aliphatic rings. The molecule has 1 aromatic heterocycles. The summed E-state index contributed by atoms with van der Waals surface area (Å²) in [6.07, 6.45) is 0. The first-order chi connectivity index (χ1) is 9.11. The first-order valence-electron chi connectivity index (χ1n) is 5.67.